The first-order valence-electron chi connectivity index (χ1n) is 8.83. The molecule has 1 saturated heterocycles. The lowest BCUT2D eigenvalue weighted by Crippen LogP contribution is -2.25. The Morgan fingerprint density at radius 3 is 2.86 bits per heavy atom. The Balaban J connectivity index is 1.69. The number of hydroxylamine groups is 1. The lowest BCUT2D eigenvalue weighted by Gasteiger charge is -2.15. The fourth-order valence-corrected chi connectivity index (χ4v) is 4.38. The molecule has 0 saturated carbocycles. The van der Waals surface area contributed by atoms with Crippen molar-refractivity contribution in [2.24, 2.45) is 9.36 Å². The summed E-state index contributed by atoms with van der Waals surface area (Å²) in [5.74, 6) is 0.625. The molecule has 1 aliphatic rings. The van der Waals surface area contributed by atoms with Gasteiger partial charge in [0.1, 0.15) is 11.5 Å². The first kappa shape index (κ1) is 20.4. The van der Waals surface area contributed by atoms with Crippen LogP contribution in [0.15, 0.2) is 32.2 Å². The predicted molar refractivity (Wildman–Crippen MR) is 101 cm³/mol. The molecule has 0 aliphatic carbocycles. The van der Waals surface area contributed by atoms with Crippen molar-refractivity contribution in [2.45, 2.75) is 19.8 Å². The van der Waals surface area contributed by atoms with Gasteiger partial charge in [0, 0.05) is 6.54 Å². The number of halogens is 1. The smallest absolute Gasteiger partial charge is 0.181 e. The van der Waals surface area contributed by atoms with Crippen molar-refractivity contribution in [1.82, 2.24) is 15.8 Å². The topological polar surface area (TPSA) is 122 Å². The van der Waals surface area contributed by atoms with E-state index in [2.05, 4.69) is 19.7 Å². The minimum absolute atomic E-state index is 0.0366. The quantitative estimate of drug-likeness (QED) is 0.323. The van der Waals surface area contributed by atoms with E-state index in [1.165, 1.54) is 12.1 Å². The van der Waals surface area contributed by atoms with Gasteiger partial charge in [0.2, 0.25) is 0 Å². The maximum absolute atomic E-state index is 13.4. The minimum atomic E-state index is -2.18. The first-order chi connectivity index (χ1) is 13.5. The summed E-state index contributed by atoms with van der Waals surface area (Å²) in [6.45, 7) is 2.99. The van der Waals surface area contributed by atoms with Gasteiger partial charge in [-0.25, -0.2) is 22.6 Å². The second-order valence-corrected chi connectivity index (χ2v) is 8.93. The van der Waals surface area contributed by atoms with Crippen molar-refractivity contribution in [2.75, 3.05) is 31.3 Å². The second-order valence-electron chi connectivity index (χ2n) is 6.31. The van der Waals surface area contributed by atoms with Crippen LogP contribution in [-0.4, -0.2) is 56.8 Å². The molecule has 2 heterocycles. The molecule has 2 aromatic rings. The van der Waals surface area contributed by atoms with Gasteiger partial charge >= 0.3 is 0 Å². The highest BCUT2D eigenvalue weighted by atomic mass is 32.2. The zero-order chi connectivity index (χ0) is 20.0. The van der Waals surface area contributed by atoms with Crippen LogP contribution in [-0.2, 0) is 20.9 Å². The van der Waals surface area contributed by atoms with Gasteiger partial charge in [-0.3, -0.25) is 10.7 Å². The molecule has 2 N–H and O–H groups in total. The van der Waals surface area contributed by atoms with Crippen LogP contribution in [0.4, 0.5) is 10.1 Å². The van der Waals surface area contributed by atoms with Crippen molar-refractivity contribution < 1.29 is 23.2 Å². The standard InChI is InChI=1S/C17H22FN5O4S/c1-12-11-13(4-5-14(12)18)20-17(21-24)16-15(22-27-23-16)3-2-6-19-28(25)9-7-26-8-10-28/h4-5,11,24H,2-3,6-10H2,1H3,(H,20,21). The van der Waals surface area contributed by atoms with Gasteiger partial charge in [-0.05, 0) is 48.7 Å². The van der Waals surface area contributed by atoms with E-state index in [9.17, 15) is 13.8 Å². The SMILES string of the molecule is Cc1cc(N=C(NO)c2nonc2CCCN=S2(=O)CCOCC2)ccc1F. The van der Waals surface area contributed by atoms with Crippen molar-refractivity contribution in [1.29, 1.82) is 0 Å². The van der Waals surface area contributed by atoms with Crippen LogP contribution in [0, 0.1) is 12.7 Å². The molecule has 1 fully saturated rings. The zero-order valence-corrected chi connectivity index (χ0v) is 16.2. The number of hydrogen-bond acceptors (Lipinski definition) is 8. The summed E-state index contributed by atoms with van der Waals surface area (Å²) in [5.41, 5.74) is 3.59. The molecule has 1 aromatic heterocycles. The maximum Gasteiger partial charge on any atom is 0.181 e. The summed E-state index contributed by atoms with van der Waals surface area (Å²) < 4.78 is 40.2. The molecule has 1 aromatic carbocycles. The van der Waals surface area contributed by atoms with Crippen molar-refractivity contribution >= 4 is 21.3 Å². The van der Waals surface area contributed by atoms with Gasteiger partial charge in [-0.1, -0.05) is 5.16 Å². The van der Waals surface area contributed by atoms with Crippen LogP contribution in [0.5, 0.6) is 0 Å². The summed E-state index contributed by atoms with van der Waals surface area (Å²) in [6, 6.07) is 4.32. The monoisotopic (exact) mass is 411 g/mol. The van der Waals surface area contributed by atoms with E-state index in [1.807, 2.05) is 5.48 Å². The number of aromatic nitrogens is 2. The van der Waals surface area contributed by atoms with Gasteiger partial charge in [0.15, 0.2) is 11.5 Å². The van der Waals surface area contributed by atoms with E-state index in [4.69, 9.17) is 9.37 Å². The van der Waals surface area contributed by atoms with Crippen LogP contribution in [0.2, 0.25) is 0 Å². The van der Waals surface area contributed by atoms with E-state index in [-0.39, 0.29) is 17.3 Å². The van der Waals surface area contributed by atoms with E-state index in [0.29, 0.717) is 61.1 Å². The van der Waals surface area contributed by atoms with E-state index >= 15 is 0 Å². The number of nitrogens with one attached hydrogen (secondary N) is 1. The fraction of sp³-hybridized carbons (Fsp3) is 0.471. The summed E-state index contributed by atoms with van der Waals surface area (Å²) in [4.78, 5) is 4.24. The first-order valence-corrected chi connectivity index (χ1v) is 10.7. The molecule has 0 unspecified atom stereocenters. The molecule has 0 bridgehead atoms. The van der Waals surface area contributed by atoms with Crippen LogP contribution in [0.3, 0.4) is 0 Å². The normalized spacial score (nSPS) is 16.8. The molecular weight excluding hydrogens is 389 g/mol. The highest BCUT2D eigenvalue weighted by molar-refractivity contribution is 7.93. The van der Waals surface area contributed by atoms with Gasteiger partial charge in [-0.15, -0.1) is 0 Å². The largest absolute Gasteiger partial charge is 0.379 e. The van der Waals surface area contributed by atoms with Crippen LogP contribution >= 0.6 is 0 Å². The number of aryl methyl sites for hydroxylation is 2. The maximum atomic E-state index is 13.4. The summed E-state index contributed by atoms with van der Waals surface area (Å²) >= 11 is 0. The van der Waals surface area contributed by atoms with Gasteiger partial charge in [-0.2, -0.15) is 0 Å². The third-order valence-electron chi connectivity index (χ3n) is 4.26. The van der Waals surface area contributed by atoms with E-state index in [1.54, 1.807) is 13.0 Å². The number of hydrogen-bond donors (Lipinski definition) is 2. The van der Waals surface area contributed by atoms with Crippen molar-refractivity contribution in [3.05, 3.63) is 41.0 Å². The molecule has 0 amide bonds. The van der Waals surface area contributed by atoms with Crippen LogP contribution in [0.1, 0.15) is 23.4 Å². The van der Waals surface area contributed by atoms with Gasteiger partial charge in [0.25, 0.3) is 0 Å². The third kappa shape index (κ3) is 5.12. The predicted octanol–water partition coefficient (Wildman–Crippen LogP) is 2.01. The summed E-state index contributed by atoms with van der Waals surface area (Å²) in [6.07, 6.45) is 1.05. The van der Waals surface area contributed by atoms with Crippen molar-refractivity contribution in [3.8, 4) is 0 Å². The van der Waals surface area contributed by atoms with Crippen LogP contribution in [0.25, 0.3) is 0 Å². The number of rotatable bonds is 6. The van der Waals surface area contributed by atoms with Crippen LogP contribution < -0.4 is 5.48 Å². The third-order valence-corrected chi connectivity index (χ3v) is 6.52. The molecule has 28 heavy (non-hydrogen) atoms. The molecule has 1 aliphatic heterocycles. The van der Waals surface area contributed by atoms with Crippen molar-refractivity contribution in [3.63, 3.8) is 0 Å². The number of ether oxygens (including phenoxy) is 1. The Hall–Kier alpha value is -2.37. The molecule has 152 valence electrons. The Bertz CT molecular complexity index is 956. The molecule has 0 atom stereocenters. The average Bonchev–Trinajstić information content (AvgIpc) is 3.15. The molecule has 3 rings (SSSR count). The zero-order valence-electron chi connectivity index (χ0n) is 15.4. The van der Waals surface area contributed by atoms with Gasteiger partial charge < -0.3 is 4.74 Å². The Labute approximate surface area is 162 Å². The Morgan fingerprint density at radius 2 is 2.14 bits per heavy atom. The summed E-state index contributed by atoms with van der Waals surface area (Å²) in [7, 11) is -2.18. The minimum Gasteiger partial charge on any atom is -0.379 e. The van der Waals surface area contributed by atoms with E-state index in [0.717, 1.165) is 0 Å². The van der Waals surface area contributed by atoms with E-state index < -0.39 is 9.73 Å². The fourth-order valence-electron chi connectivity index (χ4n) is 2.70. The number of nitrogens with zero attached hydrogens (tertiary/aromatic N) is 4. The lowest BCUT2D eigenvalue weighted by molar-refractivity contribution is 0.158. The average molecular weight is 411 g/mol. The highest BCUT2D eigenvalue weighted by Gasteiger charge is 2.17. The molecule has 0 radical (unpaired) electrons. The number of aliphatic imine (C=N–C) groups is 1. The van der Waals surface area contributed by atoms with Gasteiger partial charge in [0.05, 0.1) is 40.1 Å². The highest BCUT2D eigenvalue weighted by Crippen LogP contribution is 2.18. The number of amidine groups is 1. The summed E-state index contributed by atoms with van der Waals surface area (Å²) in [5, 5.41) is 17.1. The molecule has 0 spiro atoms. The number of benzene rings is 1. The molecule has 11 heteroatoms. The Kier molecular flexibility index (Phi) is 6.70. The molecule has 9 nitrogen and oxygen atoms in total. The molecular formula is C17H22FN5O4S. The Morgan fingerprint density at radius 1 is 1.36 bits per heavy atom. The lowest BCUT2D eigenvalue weighted by atomic mass is 10.2. The second kappa shape index (κ2) is 9.22.